The number of amides is 1. The van der Waals surface area contributed by atoms with Gasteiger partial charge < -0.3 is 14.6 Å². The molecule has 1 aromatic heterocycles. The lowest BCUT2D eigenvalue weighted by atomic mass is 9.94. The second kappa shape index (κ2) is 8.19. The molecule has 0 radical (unpaired) electrons. The van der Waals surface area contributed by atoms with Crippen LogP contribution in [0.5, 0.6) is 5.75 Å². The quantitative estimate of drug-likeness (QED) is 0.783. The molecule has 3 aliphatic heterocycles. The van der Waals surface area contributed by atoms with Gasteiger partial charge in [-0.2, -0.15) is 0 Å². The van der Waals surface area contributed by atoms with Crippen LogP contribution in [0.25, 0.3) is 0 Å². The van der Waals surface area contributed by atoms with Crippen LogP contribution in [0.15, 0.2) is 43.2 Å². The van der Waals surface area contributed by atoms with Gasteiger partial charge in [0.05, 0.1) is 12.0 Å². The number of fused-ring (bicyclic) bond motifs is 4. The number of imidazole rings is 1. The molecule has 148 valence electrons. The summed E-state index contributed by atoms with van der Waals surface area (Å²) in [6, 6.07) is 7.74. The summed E-state index contributed by atoms with van der Waals surface area (Å²) in [6.45, 7) is 9.77. The molecule has 5 rings (SSSR count). The van der Waals surface area contributed by atoms with Gasteiger partial charge in [0, 0.05) is 43.5 Å². The standard InChI is InChI=1S/C22H28N4O2/c1-3-9-28-20-6-4-5-18(10-20)22(27)26-12-17-7-8-19(26)13-25(11-17)14-21-16(2)23-15-24-21/h3-6,10,15,17,19H,1,7-9,11-14H2,2H3,(H,23,24)/t17-,19+/m0/s1. The Hall–Kier alpha value is -2.60. The number of hydrogen-bond acceptors (Lipinski definition) is 4. The molecular formula is C22H28N4O2. The Kier molecular flexibility index (Phi) is 5.48. The van der Waals surface area contributed by atoms with Crippen molar-refractivity contribution < 1.29 is 9.53 Å². The summed E-state index contributed by atoms with van der Waals surface area (Å²) in [5.41, 5.74) is 2.93. The minimum absolute atomic E-state index is 0.108. The third-order valence-electron chi connectivity index (χ3n) is 5.81. The smallest absolute Gasteiger partial charge is 0.254 e. The molecule has 1 amide bonds. The summed E-state index contributed by atoms with van der Waals surface area (Å²) < 4.78 is 5.60. The number of aromatic amines is 1. The van der Waals surface area contributed by atoms with Crippen molar-refractivity contribution in [1.29, 1.82) is 0 Å². The van der Waals surface area contributed by atoms with Gasteiger partial charge in [-0.05, 0) is 43.9 Å². The van der Waals surface area contributed by atoms with E-state index >= 15 is 0 Å². The van der Waals surface area contributed by atoms with E-state index in [-0.39, 0.29) is 11.9 Å². The topological polar surface area (TPSA) is 61.5 Å². The Morgan fingerprint density at radius 1 is 1.36 bits per heavy atom. The molecule has 2 atom stereocenters. The van der Waals surface area contributed by atoms with Gasteiger partial charge in [-0.15, -0.1) is 0 Å². The molecule has 3 saturated heterocycles. The number of aryl methyl sites for hydroxylation is 1. The largest absolute Gasteiger partial charge is 0.490 e. The van der Waals surface area contributed by atoms with Crippen molar-refractivity contribution in [1.82, 2.24) is 19.8 Å². The maximum Gasteiger partial charge on any atom is 0.254 e. The first kappa shape index (κ1) is 18.7. The lowest BCUT2D eigenvalue weighted by Gasteiger charge is -2.36. The predicted molar refractivity (Wildman–Crippen MR) is 108 cm³/mol. The highest BCUT2D eigenvalue weighted by atomic mass is 16.5. The summed E-state index contributed by atoms with van der Waals surface area (Å²) in [4.78, 5) is 25.4. The van der Waals surface area contributed by atoms with Crippen molar-refractivity contribution in [3.63, 3.8) is 0 Å². The maximum absolute atomic E-state index is 13.3. The fourth-order valence-electron chi connectivity index (χ4n) is 4.36. The second-order valence-electron chi connectivity index (χ2n) is 7.85. The summed E-state index contributed by atoms with van der Waals surface area (Å²) in [5, 5.41) is 0. The van der Waals surface area contributed by atoms with Gasteiger partial charge in [-0.1, -0.05) is 18.7 Å². The summed E-state index contributed by atoms with van der Waals surface area (Å²) in [6.07, 6.45) is 5.72. The number of nitrogens with zero attached hydrogens (tertiary/aromatic N) is 3. The van der Waals surface area contributed by atoms with Gasteiger partial charge in [0.15, 0.2) is 0 Å². The van der Waals surface area contributed by atoms with Gasteiger partial charge >= 0.3 is 0 Å². The van der Waals surface area contributed by atoms with Crippen molar-refractivity contribution in [2.24, 2.45) is 5.92 Å². The van der Waals surface area contributed by atoms with E-state index in [9.17, 15) is 4.79 Å². The minimum Gasteiger partial charge on any atom is -0.490 e. The zero-order valence-corrected chi connectivity index (χ0v) is 16.4. The molecule has 1 N–H and O–H groups in total. The summed E-state index contributed by atoms with van der Waals surface area (Å²) in [7, 11) is 0. The minimum atomic E-state index is 0.108. The lowest BCUT2D eigenvalue weighted by molar-refractivity contribution is 0.0584. The molecule has 3 fully saturated rings. The van der Waals surface area contributed by atoms with Crippen LogP contribution in [0.3, 0.4) is 0 Å². The van der Waals surface area contributed by atoms with E-state index < -0.39 is 0 Å². The number of ether oxygens (including phenoxy) is 1. The molecule has 3 aliphatic rings. The molecule has 0 saturated carbocycles. The number of H-pyrrole nitrogens is 1. The zero-order chi connectivity index (χ0) is 19.5. The number of carbonyl (C=O) groups is 1. The van der Waals surface area contributed by atoms with Crippen LogP contribution < -0.4 is 4.74 Å². The van der Waals surface area contributed by atoms with Crippen LogP contribution in [0.4, 0.5) is 0 Å². The van der Waals surface area contributed by atoms with Gasteiger partial charge in [-0.25, -0.2) is 4.98 Å². The van der Waals surface area contributed by atoms with Crippen molar-refractivity contribution in [2.75, 3.05) is 26.2 Å². The van der Waals surface area contributed by atoms with E-state index in [4.69, 9.17) is 4.74 Å². The normalized spacial score (nSPS) is 22.1. The number of benzene rings is 1. The van der Waals surface area contributed by atoms with Crippen LogP contribution >= 0.6 is 0 Å². The van der Waals surface area contributed by atoms with E-state index in [0.717, 1.165) is 44.0 Å². The van der Waals surface area contributed by atoms with Crippen molar-refractivity contribution in [3.05, 3.63) is 60.2 Å². The zero-order valence-electron chi connectivity index (χ0n) is 16.4. The SMILES string of the molecule is C=CCOc1cccc(C(=O)N2C[C@H]3CC[C@@H]2CN(Cc2nc[nH]c2C)C3)c1. The van der Waals surface area contributed by atoms with Crippen LogP contribution in [-0.4, -0.2) is 58.0 Å². The Balaban J connectivity index is 1.48. The molecule has 0 spiro atoms. The molecule has 0 unspecified atom stereocenters. The van der Waals surface area contributed by atoms with Gasteiger partial charge in [-0.3, -0.25) is 9.69 Å². The first-order chi connectivity index (χ1) is 13.6. The van der Waals surface area contributed by atoms with Crippen molar-refractivity contribution in [2.45, 2.75) is 32.4 Å². The number of aromatic nitrogens is 2. The Bertz CT molecular complexity index is 847. The fraction of sp³-hybridized carbons (Fsp3) is 0.455. The monoisotopic (exact) mass is 380 g/mol. The molecule has 6 nitrogen and oxygen atoms in total. The molecule has 2 aromatic rings. The number of carbonyl (C=O) groups excluding carboxylic acids is 1. The third kappa shape index (κ3) is 3.97. The molecule has 4 heterocycles. The molecule has 1 aromatic carbocycles. The molecule has 0 aliphatic carbocycles. The highest BCUT2D eigenvalue weighted by molar-refractivity contribution is 5.95. The average molecular weight is 380 g/mol. The molecule has 28 heavy (non-hydrogen) atoms. The number of nitrogens with one attached hydrogen (secondary N) is 1. The van der Waals surface area contributed by atoms with E-state index in [1.165, 1.54) is 6.42 Å². The Labute approximate surface area is 166 Å². The van der Waals surface area contributed by atoms with Crippen LogP contribution in [0.1, 0.15) is 34.6 Å². The number of hydrogen-bond donors (Lipinski definition) is 1. The van der Waals surface area contributed by atoms with Crippen LogP contribution in [-0.2, 0) is 6.54 Å². The lowest BCUT2D eigenvalue weighted by Crippen LogP contribution is -2.47. The first-order valence-corrected chi connectivity index (χ1v) is 10.00. The molecular weight excluding hydrogens is 352 g/mol. The predicted octanol–water partition coefficient (Wildman–Crippen LogP) is 3.02. The van der Waals surface area contributed by atoms with Gasteiger partial charge in [0.2, 0.25) is 0 Å². The van der Waals surface area contributed by atoms with Crippen molar-refractivity contribution in [3.8, 4) is 5.75 Å². The van der Waals surface area contributed by atoms with Crippen molar-refractivity contribution >= 4 is 5.91 Å². The fourth-order valence-corrected chi connectivity index (χ4v) is 4.36. The summed E-state index contributed by atoms with van der Waals surface area (Å²) in [5.74, 6) is 1.33. The number of rotatable bonds is 6. The van der Waals surface area contributed by atoms with Gasteiger partial charge in [0.25, 0.3) is 5.91 Å². The van der Waals surface area contributed by atoms with E-state index in [1.54, 1.807) is 12.4 Å². The van der Waals surface area contributed by atoms with E-state index in [1.807, 2.05) is 24.3 Å². The molecule has 2 bridgehead atoms. The highest BCUT2D eigenvalue weighted by Gasteiger charge is 2.37. The van der Waals surface area contributed by atoms with E-state index in [2.05, 4.69) is 33.3 Å². The average Bonchev–Trinajstić information content (AvgIpc) is 2.92. The maximum atomic E-state index is 13.3. The Morgan fingerprint density at radius 3 is 3.04 bits per heavy atom. The Morgan fingerprint density at radius 2 is 2.25 bits per heavy atom. The third-order valence-corrected chi connectivity index (χ3v) is 5.81. The highest BCUT2D eigenvalue weighted by Crippen LogP contribution is 2.30. The van der Waals surface area contributed by atoms with E-state index in [0.29, 0.717) is 23.8 Å². The summed E-state index contributed by atoms with van der Waals surface area (Å²) >= 11 is 0. The van der Waals surface area contributed by atoms with Crippen LogP contribution in [0.2, 0.25) is 0 Å². The first-order valence-electron chi connectivity index (χ1n) is 10.00. The number of piperidine rings is 1. The van der Waals surface area contributed by atoms with Gasteiger partial charge in [0.1, 0.15) is 12.4 Å². The molecule has 6 heteroatoms. The van der Waals surface area contributed by atoms with Crippen LogP contribution in [0, 0.1) is 12.8 Å². The second-order valence-corrected chi connectivity index (χ2v) is 7.85.